The number of ether oxygens (including phenoxy) is 2. The second-order valence-electron chi connectivity index (χ2n) is 7.43. The fourth-order valence-electron chi connectivity index (χ4n) is 3.56. The van der Waals surface area contributed by atoms with Crippen molar-refractivity contribution in [3.63, 3.8) is 0 Å². The molecule has 156 valence electrons. The van der Waals surface area contributed by atoms with Crippen LogP contribution in [0.25, 0.3) is 10.8 Å². The molecule has 1 N–H and O–H groups in total. The first-order chi connectivity index (χ1) is 15.1. The van der Waals surface area contributed by atoms with E-state index in [-0.39, 0.29) is 11.9 Å². The van der Waals surface area contributed by atoms with Gasteiger partial charge in [-0.15, -0.1) is 0 Å². The Kier molecular flexibility index (Phi) is 6.18. The van der Waals surface area contributed by atoms with Crippen LogP contribution >= 0.6 is 0 Å². The van der Waals surface area contributed by atoms with Crippen LogP contribution in [0.5, 0.6) is 11.5 Å². The van der Waals surface area contributed by atoms with Crippen molar-refractivity contribution in [2.24, 2.45) is 0 Å². The van der Waals surface area contributed by atoms with E-state index in [0.29, 0.717) is 17.9 Å². The lowest BCUT2D eigenvalue weighted by molar-refractivity contribution is 0.0939. The highest BCUT2D eigenvalue weighted by atomic mass is 16.5. The van der Waals surface area contributed by atoms with Crippen molar-refractivity contribution in [3.05, 3.63) is 108 Å². The van der Waals surface area contributed by atoms with Gasteiger partial charge in [0.25, 0.3) is 5.91 Å². The Hall–Kier alpha value is -3.79. The van der Waals surface area contributed by atoms with Crippen LogP contribution in [0.3, 0.4) is 0 Å². The van der Waals surface area contributed by atoms with Gasteiger partial charge in [-0.05, 0) is 53.6 Å². The Bertz CT molecular complexity index is 1190. The fourth-order valence-corrected chi connectivity index (χ4v) is 3.56. The monoisotopic (exact) mass is 411 g/mol. The molecule has 0 saturated heterocycles. The standard InChI is InChI=1S/C27H25NO3/c1-19(20-8-4-3-5-9-20)28-27(29)23-13-15-26(30-2)24(16-23)18-31-25-14-12-21-10-6-7-11-22(21)17-25/h3-17,19H,18H2,1-2H3,(H,28,29). The van der Waals surface area contributed by atoms with E-state index in [2.05, 4.69) is 17.4 Å². The summed E-state index contributed by atoms with van der Waals surface area (Å²) in [7, 11) is 1.62. The summed E-state index contributed by atoms with van der Waals surface area (Å²) >= 11 is 0. The lowest BCUT2D eigenvalue weighted by Crippen LogP contribution is -2.26. The predicted octanol–water partition coefficient (Wildman–Crippen LogP) is 5.92. The molecule has 4 rings (SSSR count). The summed E-state index contributed by atoms with van der Waals surface area (Å²) in [5.41, 5.74) is 2.44. The molecule has 1 unspecified atom stereocenters. The van der Waals surface area contributed by atoms with Crippen molar-refractivity contribution in [1.29, 1.82) is 0 Å². The third-order valence-electron chi connectivity index (χ3n) is 5.31. The topological polar surface area (TPSA) is 47.6 Å². The van der Waals surface area contributed by atoms with E-state index in [4.69, 9.17) is 9.47 Å². The smallest absolute Gasteiger partial charge is 0.251 e. The molecule has 31 heavy (non-hydrogen) atoms. The summed E-state index contributed by atoms with van der Waals surface area (Å²) < 4.78 is 11.5. The van der Waals surface area contributed by atoms with Crippen LogP contribution in [-0.4, -0.2) is 13.0 Å². The Labute approximate surface area is 182 Å². The van der Waals surface area contributed by atoms with Crippen molar-refractivity contribution >= 4 is 16.7 Å². The summed E-state index contributed by atoms with van der Waals surface area (Å²) in [5.74, 6) is 1.33. The number of methoxy groups -OCH3 is 1. The highest BCUT2D eigenvalue weighted by Gasteiger charge is 2.14. The summed E-state index contributed by atoms with van der Waals surface area (Å²) in [5, 5.41) is 5.34. The van der Waals surface area contributed by atoms with Crippen LogP contribution < -0.4 is 14.8 Å². The van der Waals surface area contributed by atoms with Crippen molar-refractivity contribution in [2.75, 3.05) is 7.11 Å². The quantitative estimate of drug-likeness (QED) is 0.411. The third kappa shape index (κ3) is 4.86. The highest BCUT2D eigenvalue weighted by molar-refractivity contribution is 5.94. The molecule has 0 radical (unpaired) electrons. The van der Waals surface area contributed by atoms with Crippen molar-refractivity contribution in [1.82, 2.24) is 5.32 Å². The number of benzene rings is 4. The van der Waals surface area contributed by atoms with E-state index in [1.54, 1.807) is 19.2 Å². The molecule has 0 aliphatic carbocycles. The lowest BCUT2D eigenvalue weighted by atomic mass is 10.1. The second-order valence-corrected chi connectivity index (χ2v) is 7.43. The fraction of sp³-hybridized carbons (Fsp3) is 0.148. The molecule has 0 spiro atoms. The van der Waals surface area contributed by atoms with Crippen LogP contribution in [0.2, 0.25) is 0 Å². The zero-order chi connectivity index (χ0) is 21.6. The summed E-state index contributed by atoms with van der Waals surface area (Å²) in [6.07, 6.45) is 0. The van der Waals surface area contributed by atoms with Crippen LogP contribution in [0, 0.1) is 0 Å². The number of carbonyl (C=O) groups excluding carboxylic acids is 1. The maximum Gasteiger partial charge on any atom is 0.251 e. The SMILES string of the molecule is COc1ccc(C(=O)NC(C)c2ccccc2)cc1COc1ccc2ccccc2c1. The van der Waals surface area contributed by atoms with Crippen LogP contribution in [0.1, 0.15) is 34.5 Å². The maximum atomic E-state index is 12.8. The first kappa shape index (κ1) is 20.5. The van der Waals surface area contributed by atoms with Gasteiger partial charge in [0, 0.05) is 11.1 Å². The van der Waals surface area contributed by atoms with Gasteiger partial charge in [0.2, 0.25) is 0 Å². The third-order valence-corrected chi connectivity index (χ3v) is 5.31. The summed E-state index contributed by atoms with van der Waals surface area (Å²) in [6, 6.07) is 29.4. The predicted molar refractivity (Wildman–Crippen MR) is 124 cm³/mol. The average molecular weight is 412 g/mol. The van der Waals surface area contributed by atoms with Crippen molar-refractivity contribution in [2.45, 2.75) is 19.6 Å². The van der Waals surface area contributed by atoms with Gasteiger partial charge in [0.1, 0.15) is 18.1 Å². The maximum absolute atomic E-state index is 12.8. The van der Waals surface area contributed by atoms with E-state index in [9.17, 15) is 4.79 Å². The molecule has 0 aromatic heterocycles. The molecular formula is C27H25NO3. The molecule has 4 aromatic carbocycles. The number of carbonyl (C=O) groups is 1. The molecule has 0 fully saturated rings. The van der Waals surface area contributed by atoms with Gasteiger partial charge in [-0.25, -0.2) is 0 Å². The summed E-state index contributed by atoms with van der Waals surface area (Å²) in [4.78, 5) is 12.8. The molecule has 0 aliphatic rings. The van der Waals surface area contributed by atoms with Crippen molar-refractivity contribution < 1.29 is 14.3 Å². The lowest BCUT2D eigenvalue weighted by Gasteiger charge is -2.16. The zero-order valence-corrected chi connectivity index (χ0v) is 17.7. The average Bonchev–Trinajstić information content (AvgIpc) is 2.82. The Morgan fingerprint density at radius 3 is 2.39 bits per heavy atom. The van der Waals surface area contributed by atoms with E-state index in [0.717, 1.165) is 22.3 Å². The normalized spacial score (nSPS) is 11.7. The molecular weight excluding hydrogens is 386 g/mol. The Balaban J connectivity index is 1.49. The minimum atomic E-state index is -0.133. The largest absolute Gasteiger partial charge is 0.496 e. The highest BCUT2D eigenvalue weighted by Crippen LogP contribution is 2.25. The van der Waals surface area contributed by atoms with Gasteiger partial charge in [-0.1, -0.05) is 60.7 Å². The van der Waals surface area contributed by atoms with Gasteiger partial charge in [-0.3, -0.25) is 4.79 Å². The van der Waals surface area contributed by atoms with Gasteiger partial charge >= 0.3 is 0 Å². The van der Waals surface area contributed by atoms with Crippen LogP contribution in [0.4, 0.5) is 0 Å². The molecule has 1 amide bonds. The summed E-state index contributed by atoms with van der Waals surface area (Å²) in [6.45, 7) is 2.28. The van der Waals surface area contributed by atoms with Gasteiger partial charge < -0.3 is 14.8 Å². The van der Waals surface area contributed by atoms with E-state index < -0.39 is 0 Å². The molecule has 0 bridgehead atoms. The molecule has 4 heteroatoms. The van der Waals surface area contributed by atoms with E-state index >= 15 is 0 Å². The van der Waals surface area contributed by atoms with E-state index in [1.165, 1.54) is 5.39 Å². The van der Waals surface area contributed by atoms with Gasteiger partial charge in [0.05, 0.1) is 13.2 Å². The van der Waals surface area contributed by atoms with Gasteiger partial charge in [-0.2, -0.15) is 0 Å². The molecule has 4 aromatic rings. The number of hydrogen-bond donors (Lipinski definition) is 1. The van der Waals surface area contributed by atoms with Gasteiger partial charge in [0.15, 0.2) is 0 Å². The molecule has 1 atom stereocenters. The second kappa shape index (κ2) is 9.35. The molecule has 0 heterocycles. The minimum Gasteiger partial charge on any atom is -0.496 e. The molecule has 0 saturated carbocycles. The number of rotatable bonds is 7. The number of hydrogen-bond acceptors (Lipinski definition) is 3. The van der Waals surface area contributed by atoms with Crippen molar-refractivity contribution in [3.8, 4) is 11.5 Å². The minimum absolute atomic E-state index is 0.0897. The Morgan fingerprint density at radius 2 is 1.61 bits per heavy atom. The van der Waals surface area contributed by atoms with Crippen LogP contribution in [0.15, 0.2) is 91.0 Å². The first-order valence-corrected chi connectivity index (χ1v) is 10.3. The number of fused-ring (bicyclic) bond motifs is 1. The molecule has 4 nitrogen and oxygen atoms in total. The van der Waals surface area contributed by atoms with E-state index in [1.807, 2.05) is 73.7 Å². The Morgan fingerprint density at radius 1 is 0.871 bits per heavy atom. The van der Waals surface area contributed by atoms with Crippen LogP contribution in [-0.2, 0) is 6.61 Å². The first-order valence-electron chi connectivity index (χ1n) is 10.3. The number of nitrogens with one attached hydrogen (secondary N) is 1. The molecule has 0 aliphatic heterocycles. The zero-order valence-electron chi connectivity index (χ0n) is 17.7. The number of amides is 1.